The fourth-order valence-electron chi connectivity index (χ4n) is 3.18. The van der Waals surface area contributed by atoms with Crippen LogP contribution in [0.25, 0.3) is 22.2 Å². The van der Waals surface area contributed by atoms with Gasteiger partial charge < -0.3 is 15.1 Å². The zero-order chi connectivity index (χ0) is 16.6. The van der Waals surface area contributed by atoms with Gasteiger partial charge in [0.25, 0.3) is 0 Å². The van der Waals surface area contributed by atoms with E-state index in [0.29, 0.717) is 19.0 Å². The molecule has 1 aliphatic rings. The van der Waals surface area contributed by atoms with Crippen LogP contribution in [-0.2, 0) is 0 Å². The second-order valence-corrected chi connectivity index (χ2v) is 6.43. The van der Waals surface area contributed by atoms with E-state index in [4.69, 9.17) is 4.98 Å². The number of fused-ring (bicyclic) bond motifs is 1. The summed E-state index contributed by atoms with van der Waals surface area (Å²) in [4.78, 5) is 11.5. The predicted octanol–water partition coefficient (Wildman–Crippen LogP) is 2.09. The maximum absolute atomic E-state index is 9.48. The monoisotopic (exact) mass is 321 g/mol. The summed E-state index contributed by atoms with van der Waals surface area (Å²) < 4.78 is 0. The van der Waals surface area contributed by atoms with E-state index in [0.717, 1.165) is 22.2 Å². The van der Waals surface area contributed by atoms with Gasteiger partial charge >= 0.3 is 0 Å². The van der Waals surface area contributed by atoms with E-state index >= 15 is 0 Å². The number of hydrogen-bond donors (Lipinski definition) is 2. The molecule has 5 heteroatoms. The molecule has 4 rings (SSSR count). The number of aromatic nitrogens is 2. The molecule has 0 saturated carbocycles. The third-order valence-corrected chi connectivity index (χ3v) is 4.64. The van der Waals surface area contributed by atoms with Crippen molar-refractivity contribution >= 4 is 16.9 Å². The van der Waals surface area contributed by atoms with Gasteiger partial charge in [-0.25, -0.2) is 9.97 Å². The fraction of sp³-hybridized carbons (Fsp3) is 0.263. The van der Waals surface area contributed by atoms with Crippen LogP contribution in [-0.4, -0.2) is 46.5 Å². The van der Waals surface area contributed by atoms with E-state index in [1.54, 1.807) is 0 Å². The van der Waals surface area contributed by atoms with Crippen molar-refractivity contribution in [3.63, 3.8) is 0 Å². The Kier molecular flexibility index (Phi) is 3.67. The van der Waals surface area contributed by atoms with Crippen LogP contribution in [0, 0.1) is 5.41 Å². The lowest BCUT2D eigenvalue weighted by Crippen LogP contribution is -2.61. The summed E-state index contributed by atoms with van der Waals surface area (Å²) >= 11 is 0. The van der Waals surface area contributed by atoms with Crippen molar-refractivity contribution in [2.75, 3.05) is 31.2 Å². The minimum absolute atomic E-state index is 0.0286. The summed E-state index contributed by atoms with van der Waals surface area (Å²) in [5.41, 5.74) is 2.41. The van der Waals surface area contributed by atoms with Crippen LogP contribution in [0.1, 0.15) is 0 Å². The lowest BCUT2D eigenvalue weighted by molar-refractivity contribution is 0.0298. The highest BCUT2D eigenvalue weighted by Gasteiger charge is 2.43. The molecule has 5 nitrogen and oxygen atoms in total. The molecule has 2 aromatic carbocycles. The molecule has 2 N–H and O–H groups in total. The quantitative estimate of drug-likeness (QED) is 0.770. The lowest BCUT2D eigenvalue weighted by Gasteiger charge is -2.48. The molecule has 1 aromatic heterocycles. The third-order valence-electron chi connectivity index (χ3n) is 4.64. The summed E-state index contributed by atoms with van der Waals surface area (Å²) in [5, 5.41) is 20.0. The molecule has 1 fully saturated rings. The van der Waals surface area contributed by atoms with Crippen molar-refractivity contribution in [1.29, 1.82) is 0 Å². The first-order chi connectivity index (χ1) is 11.7. The first-order valence-corrected chi connectivity index (χ1v) is 8.04. The molecule has 0 amide bonds. The van der Waals surface area contributed by atoms with Gasteiger partial charge in [0, 0.05) is 24.0 Å². The molecule has 0 unspecified atom stereocenters. The summed E-state index contributed by atoms with van der Waals surface area (Å²) in [6.45, 7) is 1.07. The Morgan fingerprint density at radius 3 is 2.25 bits per heavy atom. The van der Waals surface area contributed by atoms with Crippen molar-refractivity contribution in [2.24, 2.45) is 5.41 Å². The highest BCUT2D eigenvalue weighted by molar-refractivity contribution is 5.93. The SMILES string of the molecule is OCC1(CO)CN(c2nc(-c3ccccc3)c3ccccc3n2)C1. The van der Waals surface area contributed by atoms with Gasteiger partial charge in [-0.3, -0.25) is 0 Å². The summed E-state index contributed by atoms with van der Waals surface area (Å²) in [6.07, 6.45) is 0. The van der Waals surface area contributed by atoms with Crippen LogP contribution < -0.4 is 4.90 Å². The molecule has 1 saturated heterocycles. The third kappa shape index (κ3) is 2.42. The predicted molar refractivity (Wildman–Crippen MR) is 93.8 cm³/mol. The molecule has 0 bridgehead atoms. The van der Waals surface area contributed by atoms with Gasteiger partial charge in [-0.1, -0.05) is 48.5 Å². The largest absolute Gasteiger partial charge is 0.396 e. The zero-order valence-electron chi connectivity index (χ0n) is 13.3. The molecule has 0 radical (unpaired) electrons. The van der Waals surface area contributed by atoms with Crippen molar-refractivity contribution in [3.05, 3.63) is 54.6 Å². The zero-order valence-corrected chi connectivity index (χ0v) is 13.3. The number of anilines is 1. The van der Waals surface area contributed by atoms with Crippen molar-refractivity contribution in [2.45, 2.75) is 0 Å². The molecule has 2 heterocycles. The van der Waals surface area contributed by atoms with Gasteiger partial charge in [0.1, 0.15) is 0 Å². The van der Waals surface area contributed by atoms with E-state index in [1.807, 2.05) is 59.5 Å². The van der Waals surface area contributed by atoms with Crippen LogP contribution in [0.5, 0.6) is 0 Å². The van der Waals surface area contributed by atoms with Gasteiger partial charge in [0.15, 0.2) is 0 Å². The number of para-hydroxylation sites is 1. The van der Waals surface area contributed by atoms with E-state index < -0.39 is 5.41 Å². The van der Waals surface area contributed by atoms with Gasteiger partial charge in [-0.05, 0) is 6.07 Å². The van der Waals surface area contributed by atoms with Gasteiger partial charge in [0.05, 0.1) is 29.8 Å². The Balaban J connectivity index is 1.79. The maximum Gasteiger partial charge on any atom is 0.226 e. The second kappa shape index (κ2) is 5.85. The number of aliphatic hydroxyl groups excluding tert-OH is 2. The normalized spacial score (nSPS) is 16.2. The van der Waals surface area contributed by atoms with Gasteiger partial charge in [0.2, 0.25) is 5.95 Å². The minimum Gasteiger partial charge on any atom is -0.396 e. The first-order valence-electron chi connectivity index (χ1n) is 8.04. The number of aliphatic hydroxyl groups is 2. The summed E-state index contributed by atoms with van der Waals surface area (Å²) in [5.74, 6) is 0.644. The van der Waals surface area contributed by atoms with Crippen LogP contribution in [0.2, 0.25) is 0 Å². The molecular weight excluding hydrogens is 302 g/mol. The van der Waals surface area contributed by atoms with Crippen LogP contribution in [0.4, 0.5) is 5.95 Å². The summed E-state index contributed by atoms with van der Waals surface area (Å²) in [7, 11) is 0. The Hall–Kier alpha value is -2.50. The molecule has 0 spiro atoms. The average molecular weight is 321 g/mol. The van der Waals surface area contributed by atoms with Gasteiger partial charge in [-0.2, -0.15) is 0 Å². The van der Waals surface area contributed by atoms with Crippen LogP contribution in [0.3, 0.4) is 0 Å². The highest BCUT2D eigenvalue weighted by atomic mass is 16.3. The Morgan fingerprint density at radius 1 is 0.875 bits per heavy atom. The van der Waals surface area contributed by atoms with E-state index in [2.05, 4.69) is 4.98 Å². The van der Waals surface area contributed by atoms with E-state index in [9.17, 15) is 10.2 Å². The molecule has 122 valence electrons. The molecule has 0 aliphatic carbocycles. The smallest absolute Gasteiger partial charge is 0.226 e. The fourth-order valence-corrected chi connectivity index (χ4v) is 3.18. The summed E-state index contributed by atoms with van der Waals surface area (Å²) in [6, 6.07) is 18.0. The molecule has 1 aliphatic heterocycles. The molecular formula is C19H19N3O2. The number of hydrogen-bond acceptors (Lipinski definition) is 5. The average Bonchev–Trinajstić information content (AvgIpc) is 2.62. The topological polar surface area (TPSA) is 69.5 Å². The number of rotatable bonds is 4. The number of nitrogens with zero attached hydrogens (tertiary/aromatic N) is 3. The second-order valence-electron chi connectivity index (χ2n) is 6.43. The Bertz CT molecular complexity index is 855. The van der Waals surface area contributed by atoms with Crippen LogP contribution >= 0.6 is 0 Å². The first kappa shape index (κ1) is 15.1. The van der Waals surface area contributed by atoms with Crippen molar-refractivity contribution in [3.8, 4) is 11.3 Å². The molecule has 24 heavy (non-hydrogen) atoms. The van der Waals surface area contributed by atoms with E-state index in [-0.39, 0.29) is 13.2 Å². The molecule has 0 atom stereocenters. The Labute approximate surface area is 140 Å². The standard InChI is InChI=1S/C19H19N3O2/c23-12-19(13-24)10-22(11-19)18-20-16-9-5-4-8-15(16)17(21-18)14-6-2-1-3-7-14/h1-9,23-24H,10-13H2. The minimum atomic E-state index is -0.443. The Morgan fingerprint density at radius 2 is 1.54 bits per heavy atom. The van der Waals surface area contributed by atoms with Crippen molar-refractivity contribution in [1.82, 2.24) is 9.97 Å². The van der Waals surface area contributed by atoms with Gasteiger partial charge in [-0.15, -0.1) is 0 Å². The van der Waals surface area contributed by atoms with Crippen LogP contribution in [0.15, 0.2) is 54.6 Å². The van der Waals surface area contributed by atoms with E-state index in [1.165, 1.54) is 0 Å². The maximum atomic E-state index is 9.48. The number of benzene rings is 2. The lowest BCUT2D eigenvalue weighted by atomic mass is 9.82. The molecule has 3 aromatic rings. The highest BCUT2D eigenvalue weighted by Crippen LogP contribution is 2.34. The van der Waals surface area contributed by atoms with Crippen molar-refractivity contribution < 1.29 is 10.2 Å².